The minimum atomic E-state index is -1.72. The van der Waals surface area contributed by atoms with Crippen LogP contribution in [0, 0.1) is 17.8 Å². The summed E-state index contributed by atoms with van der Waals surface area (Å²) in [4.78, 5) is 28.9. The molecule has 0 bridgehead atoms. The molecule has 4 atom stereocenters. The smallest absolute Gasteiger partial charge is 0.488 e. The van der Waals surface area contributed by atoms with Gasteiger partial charge in [-0.3, -0.25) is 14.5 Å². The van der Waals surface area contributed by atoms with Crippen molar-refractivity contribution in [1.82, 2.24) is 0 Å². The van der Waals surface area contributed by atoms with E-state index in [1.165, 1.54) is 17.0 Å². The summed E-state index contributed by atoms with van der Waals surface area (Å²) in [6.45, 7) is 2.04. The molecule has 2 saturated heterocycles. The van der Waals surface area contributed by atoms with Crippen LogP contribution in [-0.2, 0) is 14.2 Å². The zero-order chi connectivity index (χ0) is 31.0. The highest BCUT2D eigenvalue weighted by Gasteiger charge is 2.57. The van der Waals surface area contributed by atoms with E-state index < -0.39 is 32.2 Å². The molecule has 2 fully saturated rings. The molecule has 3 aromatic carbocycles. The Kier molecular flexibility index (Phi) is 8.60. The van der Waals surface area contributed by atoms with Crippen LogP contribution in [0.5, 0.6) is 5.75 Å². The van der Waals surface area contributed by atoms with E-state index >= 15 is 0 Å². The average molecular weight is 591 g/mol. The molecule has 0 saturated carbocycles. The van der Waals surface area contributed by atoms with Crippen LogP contribution >= 0.6 is 0 Å². The lowest BCUT2D eigenvalue weighted by Gasteiger charge is -2.43. The Morgan fingerprint density at radius 2 is 1.75 bits per heavy atom. The Hall–Kier alpha value is -3.95. The Balaban J connectivity index is 1.31. The Bertz CT molecular complexity index is 1620. The number of hydrogen-bond donors (Lipinski definition) is 4. The number of imide groups is 1. The molecule has 3 aliphatic rings. The van der Waals surface area contributed by atoms with Gasteiger partial charge in [0.25, 0.3) is 0 Å². The van der Waals surface area contributed by atoms with Crippen molar-refractivity contribution in [3.63, 3.8) is 0 Å². The predicted octanol–water partition coefficient (Wildman–Crippen LogP) is 3.80. The SMILES string of the molecule is CCC1=C2[C@@H](CC/C(=C/c3ccccc3O)c3ccccc3)OB(O)C[C@@H]2[C@@H]2C(=O)N(c3cccc(B(O)O)c3)C(=O)[C@@H]2C1. The molecule has 8 nitrogen and oxygen atoms in total. The van der Waals surface area contributed by atoms with Gasteiger partial charge in [-0.25, -0.2) is 0 Å². The summed E-state index contributed by atoms with van der Waals surface area (Å²) in [5, 5.41) is 40.7. The van der Waals surface area contributed by atoms with E-state index in [1.54, 1.807) is 24.3 Å². The number of hydrogen-bond acceptors (Lipinski definition) is 7. The van der Waals surface area contributed by atoms with E-state index in [-0.39, 0.29) is 35.3 Å². The molecule has 10 heteroatoms. The lowest BCUT2D eigenvalue weighted by atomic mass is 9.58. The normalized spacial score (nSPS) is 23.6. The molecule has 2 amide bonds. The highest BCUT2D eigenvalue weighted by molar-refractivity contribution is 6.58. The molecule has 3 aromatic rings. The summed E-state index contributed by atoms with van der Waals surface area (Å²) >= 11 is 0. The zero-order valence-electron chi connectivity index (χ0n) is 24.5. The van der Waals surface area contributed by atoms with Crippen molar-refractivity contribution in [2.75, 3.05) is 4.90 Å². The fourth-order valence-corrected chi connectivity index (χ4v) is 7.22. The molecular formula is C34H35B2NO7. The van der Waals surface area contributed by atoms with Crippen molar-refractivity contribution >= 4 is 48.9 Å². The standard InChI is InChI=1S/C34H35B2NO7/c1-2-21-18-27-32(34(40)37(33(27)39)26-13-8-12-25(19-26)36(42)43)28-20-35(41)44-30(31(21)28)16-15-23(22-9-4-3-5-10-22)17-24-11-6-7-14-29(24)38/h3-14,17,19,27-28,30,32,38,41-43H,2,15-16,18,20H2,1H3/b23-17-/t27-,28+,30-,32-/m1/s1. The molecule has 44 heavy (non-hydrogen) atoms. The molecule has 1 aliphatic carbocycles. The van der Waals surface area contributed by atoms with Crippen LogP contribution in [0.15, 0.2) is 90.0 Å². The topological polar surface area (TPSA) is 128 Å². The van der Waals surface area contributed by atoms with E-state index in [0.29, 0.717) is 36.9 Å². The highest BCUT2D eigenvalue weighted by Crippen LogP contribution is 2.52. The average Bonchev–Trinajstić information content (AvgIpc) is 3.28. The minimum Gasteiger partial charge on any atom is -0.507 e. The summed E-state index contributed by atoms with van der Waals surface area (Å²) in [5.41, 5.74) is 5.32. The molecule has 0 aromatic heterocycles. The van der Waals surface area contributed by atoms with E-state index in [0.717, 1.165) is 22.3 Å². The van der Waals surface area contributed by atoms with Crippen LogP contribution in [0.2, 0.25) is 6.32 Å². The van der Waals surface area contributed by atoms with Crippen molar-refractivity contribution in [2.24, 2.45) is 17.8 Å². The number of benzene rings is 3. The number of phenols is 1. The maximum Gasteiger partial charge on any atom is 0.488 e. The zero-order valence-corrected chi connectivity index (χ0v) is 24.5. The number of carbonyl (C=O) groups excluding carboxylic acids is 2. The maximum atomic E-state index is 14.0. The third kappa shape index (κ3) is 5.66. The van der Waals surface area contributed by atoms with Crippen LogP contribution in [0.25, 0.3) is 11.6 Å². The molecule has 2 heterocycles. The number of rotatable bonds is 8. The quantitative estimate of drug-likeness (QED) is 0.136. The third-order valence-electron chi connectivity index (χ3n) is 9.25. The summed E-state index contributed by atoms with van der Waals surface area (Å²) < 4.78 is 6.17. The second kappa shape index (κ2) is 12.6. The number of aromatic hydroxyl groups is 1. The van der Waals surface area contributed by atoms with E-state index in [9.17, 15) is 29.8 Å². The number of para-hydroxylation sites is 1. The van der Waals surface area contributed by atoms with Crippen molar-refractivity contribution < 1.29 is 34.4 Å². The number of anilines is 1. The summed E-state index contributed by atoms with van der Waals surface area (Å²) in [5.74, 6) is -1.99. The van der Waals surface area contributed by atoms with Crippen molar-refractivity contribution in [1.29, 1.82) is 0 Å². The van der Waals surface area contributed by atoms with Gasteiger partial charge in [0.1, 0.15) is 5.75 Å². The summed E-state index contributed by atoms with van der Waals surface area (Å²) in [6.07, 6.45) is 4.01. The van der Waals surface area contributed by atoms with E-state index in [2.05, 4.69) is 0 Å². The van der Waals surface area contributed by atoms with Crippen LogP contribution in [-0.4, -0.2) is 52.3 Å². The van der Waals surface area contributed by atoms with Gasteiger partial charge in [0.05, 0.1) is 23.6 Å². The second-order valence-electron chi connectivity index (χ2n) is 11.8. The minimum absolute atomic E-state index is 0.188. The van der Waals surface area contributed by atoms with Crippen LogP contribution in [0.3, 0.4) is 0 Å². The van der Waals surface area contributed by atoms with E-state index in [1.807, 2.05) is 55.5 Å². The number of nitrogens with zero attached hydrogens (tertiary/aromatic N) is 1. The number of amides is 2. The Morgan fingerprint density at radius 3 is 2.48 bits per heavy atom. The van der Waals surface area contributed by atoms with Crippen LogP contribution < -0.4 is 10.4 Å². The Morgan fingerprint density at radius 1 is 1.00 bits per heavy atom. The van der Waals surface area contributed by atoms with Crippen LogP contribution in [0.1, 0.15) is 43.7 Å². The number of allylic oxidation sites excluding steroid dienone is 2. The van der Waals surface area contributed by atoms with Crippen molar-refractivity contribution in [3.8, 4) is 5.75 Å². The van der Waals surface area contributed by atoms with Gasteiger partial charge < -0.3 is 24.8 Å². The van der Waals surface area contributed by atoms with Crippen molar-refractivity contribution in [3.05, 3.63) is 101 Å². The van der Waals surface area contributed by atoms with Gasteiger partial charge in [0.2, 0.25) is 11.8 Å². The van der Waals surface area contributed by atoms with Gasteiger partial charge in [-0.2, -0.15) is 0 Å². The van der Waals surface area contributed by atoms with Crippen LogP contribution in [0.4, 0.5) is 5.69 Å². The molecule has 224 valence electrons. The summed E-state index contributed by atoms with van der Waals surface area (Å²) in [6, 6.07) is 23.3. The van der Waals surface area contributed by atoms with Gasteiger partial charge in [0.15, 0.2) is 0 Å². The number of fused-ring (bicyclic) bond motifs is 3. The van der Waals surface area contributed by atoms with Gasteiger partial charge in [-0.05, 0) is 84.4 Å². The first-order valence-electron chi connectivity index (χ1n) is 15.2. The molecular weight excluding hydrogens is 556 g/mol. The fraction of sp³-hybridized carbons (Fsp3) is 0.294. The molecule has 0 unspecified atom stereocenters. The van der Waals surface area contributed by atoms with Gasteiger partial charge >= 0.3 is 14.2 Å². The lowest BCUT2D eigenvalue weighted by molar-refractivity contribution is -0.122. The fourth-order valence-electron chi connectivity index (χ4n) is 7.22. The van der Waals surface area contributed by atoms with E-state index in [4.69, 9.17) is 4.65 Å². The monoisotopic (exact) mass is 591 g/mol. The number of phenolic OH excluding ortho intramolecular Hbond substituents is 1. The first kappa shape index (κ1) is 30.1. The molecule has 4 N–H and O–H groups in total. The second-order valence-corrected chi connectivity index (χ2v) is 11.8. The highest BCUT2D eigenvalue weighted by atomic mass is 16.5. The summed E-state index contributed by atoms with van der Waals surface area (Å²) in [7, 11) is -2.81. The first-order chi connectivity index (χ1) is 21.3. The Labute approximate surface area is 257 Å². The molecule has 2 aliphatic heterocycles. The molecule has 6 rings (SSSR count). The number of carbonyl (C=O) groups is 2. The van der Waals surface area contributed by atoms with Gasteiger partial charge in [0, 0.05) is 5.56 Å². The first-order valence-corrected chi connectivity index (χ1v) is 15.2. The maximum absolute atomic E-state index is 14.0. The lowest BCUT2D eigenvalue weighted by Crippen LogP contribution is -2.46. The third-order valence-corrected chi connectivity index (χ3v) is 9.25. The van der Waals surface area contributed by atoms with Gasteiger partial charge in [-0.1, -0.05) is 73.2 Å². The van der Waals surface area contributed by atoms with Gasteiger partial charge in [-0.15, -0.1) is 0 Å². The molecule has 0 spiro atoms. The predicted molar refractivity (Wildman–Crippen MR) is 170 cm³/mol. The largest absolute Gasteiger partial charge is 0.507 e. The van der Waals surface area contributed by atoms with Crippen molar-refractivity contribution in [2.45, 2.75) is 45.0 Å². The molecule has 0 radical (unpaired) electrons.